The Kier molecular flexibility index (Phi) is 3.67. The Bertz CT molecular complexity index is 268. The van der Waals surface area contributed by atoms with Gasteiger partial charge in [-0.25, -0.2) is 0 Å². The van der Waals surface area contributed by atoms with Crippen molar-refractivity contribution < 1.29 is 9.84 Å². The first kappa shape index (κ1) is 12.3. The second-order valence-electron chi connectivity index (χ2n) is 5.77. The van der Waals surface area contributed by atoms with Gasteiger partial charge < -0.3 is 9.84 Å². The molecule has 0 aromatic heterocycles. The molecule has 0 saturated carbocycles. The van der Waals surface area contributed by atoms with E-state index >= 15 is 0 Å². The number of nitrogens with zero attached hydrogens (tertiary/aromatic N) is 1. The molecule has 3 atom stereocenters. The van der Waals surface area contributed by atoms with Gasteiger partial charge >= 0.3 is 0 Å². The van der Waals surface area contributed by atoms with Gasteiger partial charge in [0.2, 0.25) is 0 Å². The zero-order valence-electron chi connectivity index (χ0n) is 10.4. The van der Waals surface area contributed by atoms with Gasteiger partial charge in [0.25, 0.3) is 0 Å². The van der Waals surface area contributed by atoms with Crippen LogP contribution in [-0.4, -0.2) is 59.0 Å². The Morgan fingerprint density at radius 3 is 3.06 bits per heavy atom. The molecule has 2 unspecified atom stereocenters. The monoisotopic (exact) mass is 257 g/mol. The number of aliphatic hydroxyl groups is 1. The van der Waals surface area contributed by atoms with Crippen LogP contribution in [0.1, 0.15) is 32.1 Å². The van der Waals surface area contributed by atoms with Gasteiger partial charge in [0.1, 0.15) is 0 Å². The van der Waals surface area contributed by atoms with Crippen LogP contribution < -0.4 is 0 Å². The molecule has 3 nitrogen and oxygen atoms in total. The van der Waals surface area contributed by atoms with Crippen LogP contribution in [0.3, 0.4) is 0 Å². The smallest absolute Gasteiger partial charge is 0.0795 e. The maximum absolute atomic E-state index is 9.79. The van der Waals surface area contributed by atoms with Crippen LogP contribution >= 0.6 is 11.8 Å². The highest BCUT2D eigenvalue weighted by molar-refractivity contribution is 7.99. The molecule has 3 heterocycles. The summed E-state index contributed by atoms with van der Waals surface area (Å²) in [5.41, 5.74) is 0.177. The summed E-state index contributed by atoms with van der Waals surface area (Å²) < 4.78 is 6.06. The number of β-amino-alcohol motifs (C(OH)–C–C–N with tert-alkyl or cyclic N) is 1. The van der Waals surface area contributed by atoms with Crippen LogP contribution in [0.5, 0.6) is 0 Å². The Balaban J connectivity index is 1.62. The lowest BCUT2D eigenvalue weighted by atomic mass is 9.88. The van der Waals surface area contributed by atoms with Gasteiger partial charge in [-0.15, -0.1) is 0 Å². The second kappa shape index (κ2) is 5.08. The van der Waals surface area contributed by atoms with E-state index in [2.05, 4.69) is 4.90 Å². The molecule has 3 aliphatic heterocycles. The molecule has 0 aromatic rings. The first-order valence-corrected chi connectivity index (χ1v) is 8.07. The fourth-order valence-corrected chi connectivity index (χ4v) is 4.87. The van der Waals surface area contributed by atoms with E-state index in [1.807, 2.05) is 11.8 Å². The summed E-state index contributed by atoms with van der Waals surface area (Å²) in [5.74, 6) is 2.44. The van der Waals surface area contributed by atoms with Crippen LogP contribution in [0.15, 0.2) is 0 Å². The van der Waals surface area contributed by atoms with Gasteiger partial charge in [-0.05, 0) is 44.4 Å². The van der Waals surface area contributed by atoms with Crippen molar-refractivity contribution in [1.82, 2.24) is 4.90 Å². The van der Waals surface area contributed by atoms with Crippen molar-refractivity contribution in [3.05, 3.63) is 0 Å². The van der Waals surface area contributed by atoms with Crippen molar-refractivity contribution >= 4 is 11.8 Å². The topological polar surface area (TPSA) is 32.7 Å². The van der Waals surface area contributed by atoms with Crippen molar-refractivity contribution in [2.75, 3.05) is 31.2 Å². The standard InChI is InChI=1S/C13H23NO2S/c15-12-2-1-5-14(9-12)11-3-6-16-13(8-11)4-7-17-10-13/h11-12,15H,1-10H2/t11?,12-,13?/m0/s1. The van der Waals surface area contributed by atoms with Gasteiger partial charge in [0.05, 0.1) is 11.7 Å². The number of likely N-dealkylation sites (tertiary alicyclic amines) is 1. The average molecular weight is 257 g/mol. The Hall–Kier alpha value is 0.230. The minimum atomic E-state index is -0.0968. The van der Waals surface area contributed by atoms with Gasteiger partial charge in [0, 0.05) is 24.9 Å². The summed E-state index contributed by atoms with van der Waals surface area (Å²) >= 11 is 2.04. The molecule has 4 heteroatoms. The Morgan fingerprint density at radius 2 is 2.29 bits per heavy atom. The molecule has 3 saturated heterocycles. The predicted octanol–water partition coefficient (Wildman–Crippen LogP) is 1.50. The van der Waals surface area contributed by atoms with E-state index in [9.17, 15) is 5.11 Å². The van der Waals surface area contributed by atoms with E-state index in [1.54, 1.807) is 0 Å². The fourth-order valence-electron chi connectivity index (χ4n) is 3.49. The van der Waals surface area contributed by atoms with E-state index in [0.29, 0.717) is 6.04 Å². The molecule has 3 fully saturated rings. The van der Waals surface area contributed by atoms with Crippen LogP contribution in [0.2, 0.25) is 0 Å². The highest BCUT2D eigenvalue weighted by Gasteiger charge is 2.42. The quantitative estimate of drug-likeness (QED) is 0.771. The summed E-state index contributed by atoms with van der Waals surface area (Å²) in [7, 11) is 0. The number of piperidine rings is 1. The molecule has 0 aromatic carbocycles. The first-order valence-electron chi connectivity index (χ1n) is 6.91. The van der Waals surface area contributed by atoms with Gasteiger partial charge in [-0.2, -0.15) is 11.8 Å². The van der Waals surface area contributed by atoms with E-state index < -0.39 is 0 Å². The minimum absolute atomic E-state index is 0.0968. The second-order valence-corrected chi connectivity index (χ2v) is 6.88. The summed E-state index contributed by atoms with van der Waals surface area (Å²) in [6, 6.07) is 0.650. The van der Waals surface area contributed by atoms with E-state index in [4.69, 9.17) is 4.74 Å². The summed E-state index contributed by atoms with van der Waals surface area (Å²) in [6.45, 7) is 2.97. The molecule has 1 N–H and O–H groups in total. The van der Waals surface area contributed by atoms with Crippen molar-refractivity contribution in [2.24, 2.45) is 0 Å². The van der Waals surface area contributed by atoms with Crippen LogP contribution in [0, 0.1) is 0 Å². The van der Waals surface area contributed by atoms with Crippen molar-refractivity contribution in [2.45, 2.75) is 49.9 Å². The normalized spacial score (nSPS) is 44.3. The maximum Gasteiger partial charge on any atom is 0.0795 e. The van der Waals surface area contributed by atoms with E-state index in [0.717, 1.165) is 32.4 Å². The first-order chi connectivity index (χ1) is 8.27. The molecule has 3 rings (SSSR count). The minimum Gasteiger partial charge on any atom is -0.392 e. The zero-order valence-corrected chi connectivity index (χ0v) is 11.3. The molecular weight excluding hydrogens is 234 g/mol. The average Bonchev–Trinajstić information content (AvgIpc) is 2.77. The van der Waals surface area contributed by atoms with Crippen molar-refractivity contribution in [3.63, 3.8) is 0 Å². The summed E-state index contributed by atoms with van der Waals surface area (Å²) in [4.78, 5) is 2.52. The number of hydrogen-bond acceptors (Lipinski definition) is 4. The SMILES string of the molecule is O[C@H]1CCCN(C2CCOC3(CCSC3)C2)C1. The lowest BCUT2D eigenvalue weighted by Crippen LogP contribution is -2.52. The molecule has 1 spiro atoms. The van der Waals surface area contributed by atoms with Crippen LogP contribution in [0.25, 0.3) is 0 Å². The van der Waals surface area contributed by atoms with E-state index in [1.165, 1.54) is 30.9 Å². The third-order valence-corrected chi connectivity index (χ3v) is 5.70. The van der Waals surface area contributed by atoms with Gasteiger partial charge in [0.15, 0.2) is 0 Å². The number of rotatable bonds is 1. The molecule has 0 bridgehead atoms. The van der Waals surface area contributed by atoms with E-state index in [-0.39, 0.29) is 11.7 Å². The Labute approximate surface area is 108 Å². The molecule has 0 aliphatic carbocycles. The molecule has 0 radical (unpaired) electrons. The molecule has 0 amide bonds. The van der Waals surface area contributed by atoms with Crippen LogP contribution in [0.4, 0.5) is 0 Å². The van der Waals surface area contributed by atoms with Gasteiger partial charge in [-0.1, -0.05) is 0 Å². The Morgan fingerprint density at radius 1 is 1.35 bits per heavy atom. The number of thioether (sulfide) groups is 1. The third kappa shape index (κ3) is 2.65. The fraction of sp³-hybridized carbons (Fsp3) is 1.00. The molecule has 3 aliphatic rings. The lowest BCUT2D eigenvalue weighted by molar-refractivity contribution is -0.0975. The third-order valence-electron chi connectivity index (χ3n) is 4.48. The summed E-state index contributed by atoms with van der Waals surface area (Å²) in [5, 5.41) is 9.79. The summed E-state index contributed by atoms with van der Waals surface area (Å²) in [6.07, 6.45) is 5.61. The highest BCUT2D eigenvalue weighted by Crippen LogP contribution is 2.39. The molecule has 98 valence electrons. The predicted molar refractivity (Wildman–Crippen MR) is 70.5 cm³/mol. The maximum atomic E-state index is 9.79. The largest absolute Gasteiger partial charge is 0.392 e. The number of aliphatic hydroxyl groups excluding tert-OH is 1. The van der Waals surface area contributed by atoms with Crippen LogP contribution in [-0.2, 0) is 4.74 Å². The number of hydrogen-bond donors (Lipinski definition) is 1. The van der Waals surface area contributed by atoms with Crippen molar-refractivity contribution in [3.8, 4) is 0 Å². The number of ether oxygens (including phenoxy) is 1. The molecular formula is C13H23NO2S. The molecule has 17 heavy (non-hydrogen) atoms. The highest BCUT2D eigenvalue weighted by atomic mass is 32.2. The van der Waals surface area contributed by atoms with Gasteiger partial charge in [-0.3, -0.25) is 4.90 Å². The lowest BCUT2D eigenvalue weighted by Gasteiger charge is -2.44. The zero-order chi connectivity index (χ0) is 11.7. The van der Waals surface area contributed by atoms with Crippen molar-refractivity contribution in [1.29, 1.82) is 0 Å².